The van der Waals surface area contributed by atoms with Crippen LogP contribution in [0.2, 0.25) is 5.02 Å². The number of aromatic hydroxyl groups is 1. The SMILES string of the molecule is O=S(=O)(c1ccc(Cl)cc1)N(CCc1ccccc1O)c1cc(F)ccc1F. The van der Waals surface area contributed by atoms with E-state index in [0.29, 0.717) is 10.6 Å². The van der Waals surface area contributed by atoms with Crippen LogP contribution in [0.15, 0.2) is 71.6 Å². The monoisotopic (exact) mass is 423 g/mol. The van der Waals surface area contributed by atoms with Crippen LogP contribution >= 0.6 is 11.6 Å². The predicted molar refractivity (Wildman–Crippen MR) is 104 cm³/mol. The zero-order chi connectivity index (χ0) is 20.3. The molecule has 146 valence electrons. The summed E-state index contributed by atoms with van der Waals surface area (Å²) in [6, 6.07) is 14.4. The number of benzene rings is 3. The van der Waals surface area contributed by atoms with Crippen LogP contribution in [0.5, 0.6) is 5.75 Å². The van der Waals surface area contributed by atoms with Crippen LogP contribution in [0.1, 0.15) is 5.56 Å². The van der Waals surface area contributed by atoms with E-state index < -0.39 is 27.3 Å². The number of phenols is 1. The first kappa shape index (κ1) is 20.1. The van der Waals surface area contributed by atoms with Crippen LogP contribution in [0.4, 0.5) is 14.5 Å². The van der Waals surface area contributed by atoms with Crippen LogP contribution in [-0.4, -0.2) is 20.1 Å². The van der Waals surface area contributed by atoms with Crippen LogP contribution in [0.25, 0.3) is 0 Å². The summed E-state index contributed by atoms with van der Waals surface area (Å²) in [5, 5.41) is 10.3. The average molecular weight is 424 g/mol. The summed E-state index contributed by atoms with van der Waals surface area (Å²) in [5.74, 6) is -1.66. The number of anilines is 1. The molecule has 0 atom stereocenters. The lowest BCUT2D eigenvalue weighted by Crippen LogP contribution is -2.33. The largest absolute Gasteiger partial charge is 0.508 e. The van der Waals surface area contributed by atoms with Crippen LogP contribution in [0.3, 0.4) is 0 Å². The number of sulfonamides is 1. The fourth-order valence-electron chi connectivity index (χ4n) is 2.73. The molecule has 4 nitrogen and oxygen atoms in total. The fraction of sp³-hybridized carbons (Fsp3) is 0.100. The second kappa shape index (κ2) is 8.16. The lowest BCUT2D eigenvalue weighted by molar-refractivity contribution is 0.468. The van der Waals surface area contributed by atoms with Crippen LogP contribution in [0, 0.1) is 11.6 Å². The number of rotatable bonds is 6. The number of nitrogens with zero attached hydrogens (tertiary/aromatic N) is 1. The van der Waals surface area contributed by atoms with Crippen molar-refractivity contribution >= 4 is 27.3 Å². The van der Waals surface area contributed by atoms with Crippen molar-refractivity contribution in [3.8, 4) is 5.75 Å². The molecule has 0 spiro atoms. The zero-order valence-electron chi connectivity index (χ0n) is 14.5. The van der Waals surface area contributed by atoms with Gasteiger partial charge in [-0.2, -0.15) is 0 Å². The zero-order valence-corrected chi connectivity index (χ0v) is 16.1. The predicted octanol–water partition coefficient (Wildman–Crippen LogP) is 4.76. The molecule has 0 radical (unpaired) electrons. The summed E-state index contributed by atoms with van der Waals surface area (Å²) in [6.45, 7) is -0.205. The van der Waals surface area contributed by atoms with Gasteiger partial charge in [-0.25, -0.2) is 17.2 Å². The molecule has 8 heteroatoms. The van der Waals surface area contributed by atoms with Gasteiger partial charge in [-0.1, -0.05) is 29.8 Å². The maximum Gasteiger partial charge on any atom is 0.264 e. The highest BCUT2D eigenvalue weighted by atomic mass is 35.5. The minimum Gasteiger partial charge on any atom is -0.508 e. The Labute approximate surface area is 166 Å². The second-order valence-electron chi connectivity index (χ2n) is 6.01. The highest BCUT2D eigenvalue weighted by Crippen LogP contribution is 2.29. The molecule has 0 aliphatic rings. The Morgan fingerprint density at radius 3 is 2.32 bits per heavy atom. The van der Waals surface area contributed by atoms with Gasteiger partial charge in [0.1, 0.15) is 17.4 Å². The van der Waals surface area contributed by atoms with E-state index in [0.717, 1.165) is 22.5 Å². The number of phenolic OH excluding ortho intramolecular Hbond substituents is 1. The van der Waals surface area contributed by atoms with Crippen molar-refractivity contribution in [3.05, 3.63) is 89.0 Å². The molecule has 0 aliphatic heterocycles. The van der Waals surface area contributed by atoms with Gasteiger partial charge in [-0.15, -0.1) is 0 Å². The normalized spacial score (nSPS) is 11.4. The van der Waals surface area contributed by atoms with E-state index in [-0.39, 0.29) is 23.6 Å². The third-order valence-corrected chi connectivity index (χ3v) is 6.23. The number of halogens is 3. The fourth-order valence-corrected chi connectivity index (χ4v) is 4.32. The summed E-state index contributed by atoms with van der Waals surface area (Å²) in [5.41, 5.74) is 0.0704. The second-order valence-corrected chi connectivity index (χ2v) is 8.30. The molecule has 1 N–H and O–H groups in total. The topological polar surface area (TPSA) is 57.6 Å². The van der Waals surface area contributed by atoms with Crippen molar-refractivity contribution in [1.82, 2.24) is 0 Å². The van der Waals surface area contributed by atoms with Gasteiger partial charge in [-0.3, -0.25) is 4.31 Å². The molecule has 0 aromatic heterocycles. The van der Waals surface area contributed by atoms with Crippen molar-refractivity contribution in [3.63, 3.8) is 0 Å². The first-order valence-corrected chi connectivity index (χ1v) is 10.1. The van der Waals surface area contributed by atoms with E-state index in [9.17, 15) is 22.3 Å². The van der Waals surface area contributed by atoms with E-state index in [1.165, 1.54) is 30.3 Å². The first-order valence-electron chi connectivity index (χ1n) is 8.29. The van der Waals surface area contributed by atoms with Crippen molar-refractivity contribution in [2.45, 2.75) is 11.3 Å². The third-order valence-electron chi connectivity index (χ3n) is 4.15. The van der Waals surface area contributed by atoms with Gasteiger partial charge in [0.2, 0.25) is 0 Å². The maximum atomic E-state index is 14.4. The summed E-state index contributed by atoms with van der Waals surface area (Å²) in [7, 11) is -4.21. The van der Waals surface area contributed by atoms with Gasteiger partial charge < -0.3 is 5.11 Å². The van der Waals surface area contributed by atoms with Gasteiger partial charge in [0, 0.05) is 17.6 Å². The Bertz CT molecular complexity index is 1090. The van der Waals surface area contributed by atoms with Crippen LogP contribution in [-0.2, 0) is 16.4 Å². The van der Waals surface area contributed by atoms with E-state index in [2.05, 4.69) is 0 Å². The van der Waals surface area contributed by atoms with E-state index in [1.54, 1.807) is 18.2 Å². The summed E-state index contributed by atoms with van der Waals surface area (Å²) in [6.07, 6.45) is 0.0927. The molecule has 0 saturated carbocycles. The van der Waals surface area contributed by atoms with Crippen molar-refractivity contribution < 1.29 is 22.3 Å². The molecule has 3 rings (SSSR count). The van der Waals surface area contributed by atoms with Gasteiger partial charge in [0.15, 0.2) is 0 Å². The molecular weight excluding hydrogens is 408 g/mol. The first-order chi connectivity index (χ1) is 13.3. The molecule has 0 unspecified atom stereocenters. The van der Waals surface area contributed by atoms with E-state index in [4.69, 9.17) is 11.6 Å². The van der Waals surface area contributed by atoms with Crippen molar-refractivity contribution in [2.75, 3.05) is 10.8 Å². The molecule has 0 fully saturated rings. The number of hydrogen-bond donors (Lipinski definition) is 1. The minimum atomic E-state index is -4.21. The van der Waals surface area contributed by atoms with E-state index >= 15 is 0 Å². The van der Waals surface area contributed by atoms with Gasteiger partial charge in [0.25, 0.3) is 10.0 Å². The Kier molecular flexibility index (Phi) is 5.86. The van der Waals surface area contributed by atoms with Gasteiger partial charge >= 0.3 is 0 Å². The van der Waals surface area contributed by atoms with E-state index in [1.807, 2.05) is 0 Å². The van der Waals surface area contributed by atoms with Crippen molar-refractivity contribution in [1.29, 1.82) is 0 Å². The number of hydrogen-bond acceptors (Lipinski definition) is 3. The molecule has 0 saturated heterocycles. The summed E-state index contributed by atoms with van der Waals surface area (Å²) in [4.78, 5) is -0.113. The Hall–Kier alpha value is -2.64. The minimum absolute atomic E-state index is 0.00828. The molecular formula is C20H16ClF2NO3S. The average Bonchev–Trinajstić information content (AvgIpc) is 2.66. The Morgan fingerprint density at radius 1 is 0.964 bits per heavy atom. The Morgan fingerprint density at radius 2 is 1.64 bits per heavy atom. The lowest BCUT2D eigenvalue weighted by Gasteiger charge is -2.25. The highest BCUT2D eigenvalue weighted by Gasteiger charge is 2.27. The molecule has 0 amide bonds. The summed E-state index contributed by atoms with van der Waals surface area (Å²) < 4.78 is 55.2. The van der Waals surface area contributed by atoms with Gasteiger partial charge in [-0.05, 0) is 54.4 Å². The lowest BCUT2D eigenvalue weighted by atomic mass is 10.1. The molecule has 0 bridgehead atoms. The molecule has 3 aromatic carbocycles. The quantitative estimate of drug-likeness (QED) is 0.621. The smallest absolute Gasteiger partial charge is 0.264 e. The highest BCUT2D eigenvalue weighted by molar-refractivity contribution is 7.92. The maximum absolute atomic E-state index is 14.4. The molecule has 28 heavy (non-hydrogen) atoms. The molecule has 0 heterocycles. The number of para-hydroxylation sites is 1. The molecule has 0 aliphatic carbocycles. The molecule has 3 aromatic rings. The third kappa shape index (κ3) is 4.26. The van der Waals surface area contributed by atoms with Crippen LogP contribution < -0.4 is 4.31 Å². The Balaban J connectivity index is 2.04. The van der Waals surface area contributed by atoms with Gasteiger partial charge in [0.05, 0.1) is 10.6 Å². The standard InChI is InChI=1S/C20H16ClF2NO3S/c21-15-5-8-17(9-6-15)28(26,27)24(19-13-16(22)7-10-18(19)23)12-11-14-3-1-2-4-20(14)25/h1-10,13,25H,11-12H2. The summed E-state index contributed by atoms with van der Waals surface area (Å²) >= 11 is 5.82. The van der Waals surface area contributed by atoms with Crippen molar-refractivity contribution in [2.24, 2.45) is 0 Å².